The van der Waals surface area contributed by atoms with E-state index in [0.717, 1.165) is 50.5 Å². The Kier molecular flexibility index (Phi) is 5.42. The summed E-state index contributed by atoms with van der Waals surface area (Å²) >= 11 is 0. The Morgan fingerprint density at radius 1 is 0.971 bits per heavy atom. The highest BCUT2D eigenvalue weighted by Crippen LogP contribution is 2.74. The van der Waals surface area contributed by atoms with Crippen molar-refractivity contribution in [2.75, 3.05) is 6.61 Å². The lowest BCUT2D eigenvalue weighted by Gasteiger charge is -2.69. The van der Waals surface area contributed by atoms with E-state index in [-0.39, 0.29) is 40.1 Å². The van der Waals surface area contributed by atoms with Crippen LogP contribution in [-0.2, 0) is 4.79 Å². The maximum atomic E-state index is 12.8. The Morgan fingerprint density at radius 3 is 2.26 bits per heavy atom. The SMILES string of the molecule is CC1(C)CC[C@]2(C(=O)O)CC[C@@]3(C)C(=CC[C@@H]4[C@@]5(C)C[C@@H](O)[C@@H](O)[C@](C)(CO)C5=CC[C@@]43C)[C@H]2C1. The quantitative estimate of drug-likeness (QED) is 0.407. The smallest absolute Gasteiger partial charge is 0.310 e. The van der Waals surface area contributed by atoms with E-state index in [9.17, 15) is 25.2 Å². The van der Waals surface area contributed by atoms with E-state index in [1.54, 1.807) is 0 Å². The molecule has 5 heteroatoms. The minimum atomic E-state index is -0.975. The number of carboxylic acids is 1. The molecule has 0 bridgehead atoms. The Bertz CT molecular complexity index is 997. The van der Waals surface area contributed by atoms with Crippen LogP contribution in [0.3, 0.4) is 0 Å². The zero-order valence-corrected chi connectivity index (χ0v) is 22.5. The molecule has 4 N–H and O–H groups in total. The first kappa shape index (κ1) is 25.5. The van der Waals surface area contributed by atoms with Crippen LogP contribution in [0, 0.1) is 44.3 Å². The molecule has 0 unspecified atom stereocenters. The van der Waals surface area contributed by atoms with Crippen molar-refractivity contribution in [1.29, 1.82) is 0 Å². The zero-order chi connectivity index (χ0) is 25.8. The van der Waals surface area contributed by atoms with Gasteiger partial charge in [0.25, 0.3) is 0 Å². The minimum Gasteiger partial charge on any atom is -0.481 e. The Morgan fingerprint density at radius 2 is 1.63 bits per heavy atom. The van der Waals surface area contributed by atoms with Gasteiger partial charge >= 0.3 is 5.97 Å². The summed E-state index contributed by atoms with van der Waals surface area (Å²) in [6.07, 6.45) is 9.26. The average molecular weight is 487 g/mol. The van der Waals surface area contributed by atoms with Crippen molar-refractivity contribution in [1.82, 2.24) is 0 Å². The van der Waals surface area contributed by atoms with E-state index in [4.69, 9.17) is 0 Å². The van der Waals surface area contributed by atoms with Crippen molar-refractivity contribution in [2.24, 2.45) is 44.3 Å². The molecular weight excluding hydrogens is 440 g/mol. The summed E-state index contributed by atoms with van der Waals surface area (Å²) in [6, 6.07) is 0. The number of fused-ring (bicyclic) bond motifs is 7. The van der Waals surface area contributed by atoms with Crippen molar-refractivity contribution in [3.63, 3.8) is 0 Å². The number of carboxylic acid groups (broad SMARTS) is 1. The van der Waals surface area contributed by atoms with Crippen LogP contribution in [0.4, 0.5) is 0 Å². The summed E-state index contributed by atoms with van der Waals surface area (Å²) in [5.74, 6) is -0.292. The van der Waals surface area contributed by atoms with Crippen LogP contribution < -0.4 is 0 Å². The highest BCUT2D eigenvalue weighted by molar-refractivity contribution is 5.76. The Hall–Kier alpha value is -1.17. The lowest BCUT2D eigenvalue weighted by atomic mass is 9.35. The largest absolute Gasteiger partial charge is 0.481 e. The highest BCUT2D eigenvalue weighted by Gasteiger charge is 2.68. The fraction of sp³-hybridized carbons (Fsp3) is 0.833. The van der Waals surface area contributed by atoms with E-state index in [0.29, 0.717) is 6.42 Å². The molecule has 0 radical (unpaired) electrons. The molecule has 5 aliphatic carbocycles. The Balaban J connectivity index is 1.63. The van der Waals surface area contributed by atoms with Gasteiger partial charge in [0.15, 0.2) is 0 Å². The van der Waals surface area contributed by atoms with Crippen molar-refractivity contribution in [3.8, 4) is 0 Å². The molecule has 3 saturated carbocycles. The summed E-state index contributed by atoms with van der Waals surface area (Å²) in [5, 5.41) is 42.7. The van der Waals surface area contributed by atoms with Crippen LogP contribution >= 0.6 is 0 Å². The van der Waals surface area contributed by atoms with Crippen LogP contribution in [0.2, 0.25) is 0 Å². The maximum absolute atomic E-state index is 12.8. The van der Waals surface area contributed by atoms with Crippen LogP contribution in [-0.4, -0.2) is 45.2 Å². The van der Waals surface area contributed by atoms with Gasteiger partial charge in [-0.15, -0.1) is 0 Å². The van der Waals surface area contributed by atoms with Gasteiger partial charge in [0.2, 0.25) is 0 Å². The molecule has 5 aliphatic rings. The number of rotatable bonds is 2. The monoisotopic (exact) mass is 486 g/mol. The molecule has 0 spiro atoms. The molecule has 0 heterocycles. The van der Waals surface area contributed by atoms with E-state index in [2.05, 4.69) is 46.8 Å². The second-order valence-electron chi connectivity index (χ2n) is 14.6. The molecule has 0 aromatic heterocycles. The number of aliphatic hydroxyl groups excluding tert-OH is 3. The number of allylic oxidation sites excluding steroid dienone is 3. The number of aliphatic hydroxyl groups is 3. The predicted molar refractivity (Wildman–Crippen MR) is 135 cm³/mol. The third-order valence-corrected chi connectivity index (χ3v) is 12.5. The predicted octanol–water partition coefficient (Wildman–Crippen LogP) is 5.10. The van der Waals surface area contributed by atoms with Gasteiger partial charge in [-0.3, -0.25) is 4.79 Å². The number of hydrogen-bond donors (Lipinski definition) is 4. The van der Waals surface area contributed by atoms with E-state index >= 15 is 0 Å². The third-order valence-electron chi connectivity index (χ3n) is 12.5. The third kappa shape index (κ3) is 3.01. The molecule has 0 aromatic rings. The first-order valence-corrected chi connectivity index (χ1v) is 13.7. The second-order valence-corrected chi connectivity index (χ2v) is 14.6. The Labute approximate surface area is 210 Å². The van der Waals surface area contributed by atoms with E-state index in [1.165, 1.54) is 5.57 Å². The summed E-state index contributed by atoms with van der Waals surface area (Å²) in [4.78, 5) is 12.8. The molecule has 35 heavy (non-hydrogen) atoms. The van der Waals surface area contributed by atoms with E-state index < -0.39 is 29.0 Å². The molecule has 0 aliphatic heterocycles. The van der Waals surface area contributed by atoms with E-state index in [1.807, 2.05) is 6.92 Å². The van der Waals surface area contributed by atoms with Gasteiger partial charge in [0, 0.05) is 5.41 Å². The summed E-state index contributed by atoms with van der Waals surface area (Å²) in [6.45, 7) is 13.3. The van der Waals surface area contributed by atoms with Crippen molar-refractivity contribution in [3.05, 3.63) is 23.3 Å². The summed E-state index contributed by atoms with van der Waals surface area (Å²) < 4.78 is 0. The van der Waals surface area contributed by atoms with Crippen molar-refractivity contribution >= 4 is 5.97 Å². The van der Waals surface area contributed by atoms with Gasteiger partial charge < -0.3 is 20.4 Å². The van der Waals surface area contributed by atoms with Crippen LogP contribution in [0.15, 0.2) is 23.3 Å². The van der Waals surface area contributed by atoms with Gasteiger partial charge in [0.05, 0.1) is 24.2 Å². The molecular formula is C30H46O5. The van der Waals surface area contributed by atoms with Crippen LogP contribution in [0.1, 0.15) is 92.9 Å². The lowest BCUT2D eigenvalue weighted by molar-refractivity contribution is -0.171. The van der Waals surface area contributed by atoms with Gasteiger partial charge in [-0.1, -0.05) is 64.8 Å². The maximum Gasteiger partial charge on any atom is 0.310 e. The normalized spacial score (nSPS) is 52.7. The second kappa shape index (κ2) is 7.45. The topological polar surface area (TPSA) is 98.0 Å². The van der Waals surface area contributed by atoms with Gasteiger partial charge in [-0.2, -0.15) is 0 Å². The molecule has 0 aromatic carbocycles. The average Bonchev–Trinajstić information content (AvgIpc) is 2.77. The van der Waals surface area contributed by atoms with Gasteiger partial charge in [-0.05, 0) is 84.9 Å². The summed E-state index contributed by atoms with van der Waals surface area (Å²) in [5.41, 5.74) is 0.581. The van der Waals surface area contributed by atoms with Crippen molar-refractivity contribution in [2.45, 2.75) is 105 Å². The van der Waals surface area contributed by atoms with Crippen molar-refractivity contribution < 1.29 is 25.2 Å². The minimum absolute atomic E-state index is 0.0694. The fourth-order valence-corrected chi connectivity index (χ4v) is 10.0. The number of carbonyl (C=O) groups is 1. The molecule has 3 fully saturated rings. The number of aliphatic carboxylic acids is 1. The van der Waals surface area contributed by atoms with Crippen LogP contribution in [0.5, 0.6) is 0 Å². The molecule has 0 saturated heterocycles. The molecule has 196 valence electrons. The molecule has 0 amide bonds. The lowest BCUT2D eigenvalue weighted by Crippen LogP contribution is -2.64. The van der Waals surface area contributed by atoms with Gasteiger partial charge in [0.1, 0.15) is 0 Å². The fourth-order valence-electron chi connectivity index (χ4n) is 10.0. The standard InChI is InChI=1S/C30H46O5/c1-25(2)11-13-30(24(34)35)14-12-28(5)18(19(30)15-25)7-8-22-26(3)16-20(32)23(33)27(4,17-31)21(26)9-10-29(22,28)6/h7,9,19-20,22-23,31-33H,8,10-17H2,1-6H3,(H,34,35)/t19-,20-,22-,23-,26+,27-,28+,29+,30+/m1/s1. The molecule has 5 nitrogen and oxygen atoms in total. The summed E-state index contributed by atoms with van der Waals surface area (Å²) in [7, 11) is 0. The first-order valence-electron chi connectivity index (χ1n) is 13.7. The molecule has 9 atom stereocenters. The van der Waals surface area contributed by atoms with Gasteiger partial charge in [-0.25, -0.2) is 0 Å². The zero-order valence-electron chi connectivity index (χ0n) is 22.5. The number of hydrogen-bond acceptors (Lipinski definition) is 4. The van der Waals surface area contributed by atoms with Crippen LogP contribution in [0.25, 0.3) is 0 Å². The highest BCUT2D eigenvalue weighted by atomic mass is 16.4. The molecule has 5 rings (SSSR count). The first-order chi connectivity index (χ1) is 16.1.